The van der Waals surface area contributed by atoms with E-state index in [4.69, 9.17) is 0 Å². The number of rotatable bonds is 6. The van der Waals surface area contributed by atoms with Gasteiger partial charge in [-0.25, -0.2) is 27.5 Å². The first-order valence-electron chi connectivity index (χ1n) is 10.7. The smallest absolute Gasteiger partial charge is 0.264 e. The molecule has 0 atom stereocenters. The van der Waals surface area contributed by atoms with Crippen LogP contribution in [0, 0.1) is 26.6 Å². The number of H-pyrrole nitrogens is 1. The maximum absolute atomic E-state index is 13.7. The molecule has 2 aromatic heterocycles. The number of sulfonamides is 1. The third kappa shape index (κ3) is 5.57. The maximum atomic E-state index is 13.7. The first-order chi connectivity index (χ1) is 16.2. The molecule has 2 aromatic carbocycles. The summed E-state index contributed by atoms with van der Waals surface area (Å²) in [5, 5.41) is 3.66. The molecule has 0 aliphatic heterocycles. The van der Waals surface area contributed by atoms with Crippen molar-refractivity contribution < 1.29 is 12.8 Å². The largest absolute Gasteiger partial charge is 0.361 e. The molecule has 0 aliphatic rings. The van der Waals surface area contributed by atoms with Crippen molar-refractivity contribution >= 4 is 32.8 Å². The zero-order chi connectivity index (χ0) is 24.3. The molecule has 0 unspecified atom stereocenters. The van der Waals surface area contributed by atoms with Gasteiger partial charge in [0.05, 0.1) is 4.90 Å². The first kappa shape index (κ1) is 23.4. The Hall–Kier alpha value is -3.79. The Bertz CT molecular complexity index is 1440. The van der Waals surface area contributed by atoms with Gasteiger partial charge in [0.1, 0.15) is 5.82 Å². The average Bonchev–Trinajstić information content (AvgIpc) is 3.15. The molecule has 0 radical (unpaired) electrons. The number of guanidine groups is 1. The highest BCUT2D eigenvalue weighted by atomic mass is 32.2. The van der Waals surface area contributed by atoms with Crippen molar-refractivity contribution in [3.8, 4) is 0 Å². The summed E-state index contributed by atoms with van der Waals surface area (Å²) in [6, 6.07) is 12.9. The summed E-state index contributed by atoms with van der Waals surface area (Å²) in [7, 11) is -3.90. The van der Waals surface area contributed by atoms with Gasteiger partial charge < -0.3 is 4.98 Å². The second kappa shape index (κ2) is 9.60. The van der Waals surface area contributed by atoms with E-state index in [1.165, 1.54) is 24.3 Å². The second-order valence-electron chi connectivity index (χ2n) is 8.00. The number of fused-ring (bicyclic) bond motifs is 1. The lowest BCUT2D eigenvalue weighted by Gasteiger charge is -2.13. The van der Waals surface area contributed by atoms with E-state index in [0.717, 1.165) is 33.4 Å². The monoisotopic (exact) mass is 480 g/mol. The second-order valence-corrected chi connectivity index (χ2v) is 9.68. The molecule has 0 amide bonds. The van der Waals surface area contributed by atoms with Crippen LogP contribution in [0.1, 0.15) is 22.5 Å². The van der Waals surface area contributed by atoms with Gasteiger partial charge in [0.15, 0.2) is 0 Å². The third-order valence-corrected chi connectivity index (χ3v) is 6.51. The number of aliphatic imine (C=N–C) groups is 1. The highest BCUT2D eigenvalue weighted by Gasteiger charge is 2.17. The minimum absolute atomic E-state index is 0.00315. The van der Waals surface area contributed by atoms with Crippen LogP contribution in [-0.2, 0) is 16.4 Å². The predicted molar refractivity (Wildman–Crippen MR) is 131 cm³/mol. The molecule has 34 heavy (non-hydrogen) atoms. The standard InChI is InChI=1S/C24H25FN6O2S/c1-15-4-7-20(8-5-15)34(32,33)31-23(30-24-28-16(2)12-17(3)29-24)26-11-10-18-14-27-22-9-6-19(25)13-21(18)22/h4-9,12-14,27H,10-11H2,1-3H3,(H2,26,28,29,30,31). The summed E-state index contributed by atoms with van der Waals surface area (Å²) >= 11 is 0. The van der Waals surface area contributed by atoms with Crippen molar-refractivity contribution in [1.82, 2.24) is 19.7 Å². The van der Waals surface area contributed by atoms with Crippen LogP contribution in [0.4, 0.5) is 10.3 Å². The SMILES string of the molecule is Cc1ccc(S(=O)(=O)NC(=NCCc2c[nH]c3ccc(F)cc23)Nc2nc(C)cc(C)n2)cc1. The molecule has 4 aromatic rings. The van der Waals surface area contributed by atoms with Crippen LogP contribution in [0.2, 0.25) is 0 Å². The van der Waals surface area contributed by atoms with Crippen molar-refractivity contribution in [2.24, 2.45) is 4.99 Å². The molecule has 0 fully saturated rings. The van der Waals surface area contributed by atoms with Crippen LogP contribution >= 0.6 is 0 Å². The molecule has 176 valence electrons. The maximum Gasteiger partial charge on any atom is 0.264 e. The molecule has 4 rings (SSSR count). The topological polar surface area (TPSA) is 112 Å². The number of benzene rings is 2. The lowest BCUT2D eigenvalue weighted by molar-refractivity contribution is 0.592. The molecule has 8 nitrogen and oxygen atoms in total. The molecule has 0 spiro atoms. The minimum atomic E-state index is -3.90. The molecule has 0 saturated carbocycles. The van der Waals surface area contributed by atoms with E-state index < -0.39 is 10.0 Å². The summed E-state index contributed by atoms with van der Waals surface area (Å²) in [5.74, 6) is -0.0920. The molecular weight excluding hydrogens is 455 g/mol. The third-order valence-electron chi connectivity index (χ3n) is 5.16. The van der Waals surface area contributed by atoms with Crippen molar-refractivity contribution in [3.05, 3.63) is 83.1 Å². The highest BCUT2D eigenvalue weighted by molar-refractivity contribution is 7.90. The average molecular weight is 481 g/mol. The summed E-state index contributed by atoms with van der Waals surface area (Å²) in [6.07, 6.45) is 2.27. The summed E-state index contributed by atoms with van der Waals surface area (Å²) in [5.41, 5.74) is 4.11. The molecular formula is C24H25FN6O2S. The Labute approximate surface area is 197 Å². The number of hydrogen-bond donors (Lipinski definition) is 3. The fraction of sp³-hybridized carbons (Fsp3) is 0.208. The lowest BCUT2D eigenvalue weighted by Crippen LogP contribution is -2.37. The van der Waals surface area contributed by atoms with Crippen molar-refractivity contribution in [2.75, 3.05) is 11.9 Å². The van der Waals surface area contributed by atoms with Crippen LogP contribution in [0.3, 0.4) is 0 Å². The van der Waals surface area contributed by atoms with Crippen LogP contribution in [0.5, 0.6) is 0 Å². The van der Waals surface area contributed by atoms with Crippen LogP contribution in [0.15, 0.2) is 64.6 Å². The van der Waals surface area contributed by atoms with Gasteiger partial charge >= 0.3 is 0 Å². The van der Waals surface area contributed by atoms with Crippen LogP contribution < -0.4 is 10.0 Å². The molecule has 10 heteroatoms. The van der Waals surface area contributed by atoms with E-state index in [2.05, 4.69) is 30.0 Å². The molecule has 0 aliphatic carbocycles. The number of nitrogens with one attached hydrogen (secondary N) is 3. The van der Waals surface area contributed by atoms with E-state index >= 15 is 0 Å². The van der Waals surface area contributed by atoms with E-state index in [9.17, 15) is 12.8 Å². The van der Waals surface area contributed by atoms with Gasteiger partial charge in [-0.15, -0.1) is 0 Å². The number of aromatic amines is 1. The normalized spacial score (nSPS) is 12.2. The summed E-state index contributed by atoms with van der Waals surface area (Å²) < 4.78 is 42.1. The van der Waals surface area contributed by atoms with Gasteiger partial charge in [-0.1, -0.05) is 17.7 Å². The quantitative estimate of drug-likeness (QED) is 0.285. The zero-order valence-electron chi connectivity index (χ0n) is 19.1. The molecule has 3 N–H and O–H groups in total. The summed E-state index contributed by atoms with van der Waals surface area (Å²) in [6.45, 7) is 5.77. The van der Waals surface area contributed by atoms with E-state index in [0.29, 0.717) is 6.42 Å². The summed E-state index contributed by atoms with van der Waals surface area (Å²) in [4.78, 5) is 16.3. The zero-order valence-corrected chi connectivity index (χ0v) is 19.9. The number of halogens is 1. The number of aromatic nitrogens is 3. The van der Waals surface area contributed by atoms with Gasteiger partial charge in [0.2, 0.25) is 11.9 Å². The fourth-order valence-electron chi connectivity index (χ4n) is 3.53. The van der Waals surface area contributed by atoms with E-state index in [1.54, 1.807) is 24.4 Å². The van der Waals surface area contributed by atoms with Crippen molar-refractivity contribution in [3.63, 3.8) is 0 Å². The molecule has 0 saturated heterocycles. The molecule has 0 bridgehead atoms. The fourth-order valence-corrected chi connectivity index (χ4v) is 4.52. The number of aryl methyl sites for hydroxylation is 3. The van der Waals surface area contributed by atoms with Crippen molar-refractivity contribution in [1.29, 1.82) is 0 Å². The van der Waals surface area contributed by atoms with Gasteiger partial charge in [-0.2, -0.15) is 0 Å². The van der Waals surface area contributed by atoms with Crippen LogP contribution in [0.25, 0.3) is 10.9 Å². The Kier molecular flexibility index (Phi) is 6.60. The molecule has 2 heterocycles. The predicted octanol–water partition coefficient (Wildman–Crippen LogP) is 4.01. The minimum Gasteiger partial charge on any atom is -0.361 e. The van der Waals surface area contributed by atoms with Crippen LogP contribution in [-0.4, -0.2) is 35.9 Å². The Balaban J connectivity index is 1.60. The van der Waals surface area contributed by atoms with Gasteiger partial charge in [-0.05, 0) is 69.2 Å². The number of anilines is 1. The van der Waals surface area contributed by atoms with Gasteiger partial charge in [0.25, 0.3) is 10.0 Å². The number of hydrogen-bond acceptors (Lipinski definition) is 5. The van der Waals surface area contributed by atoms with Gasteiger partial charge in [-0.3, -0.25) is 10.3 Å². The lowest BCUT2D eigenvalue weighted by atomic mass is 10.1. The first-order valence-corrected chi connectivity index (χ1v) is 12.2. The van der Waals surface area contributed by atoms with Gasteiger partial charge in [0, 0.05) is 35.0 Å². The highest BCUT2D eigenvalue weighted by Crippen LogP contribution is 2.20. The Morgan fingerprint density at radius 2 is 1.74 bits per heavy atom. The van der Waals surface area contributed by atoms with E-state index in [-0.39, 0.29) is 29.2 Å². The Morgan fingerprint density at radius 3 is 2.44 bits per heavy atom. The number of nitrogens with zero attached hydrogens (tertiary/aromatic N) is 3. The van der Waals surface area contributed by atoms with Crippen molar-refractivity contribution in [2.45, 2.75) is 32.1 Å². The van der Waals surface area contributed by atoms with E-state index in [1.807, 2.05) is 26.8 Å². The Morgan fingerprint density at radius 1 is 1.03 bits per heavy atom.